The minimum Gasteiger partial charge on any atom is -0.465 e. The molecule has 0 bridgehead atoms. The lowest BCUT2D eigenvalue weighted by Crippen LogP contribution is -2.08. The molecule has 0 radical (unpaired) electrons. The number of nitrogens with zero attached hydrogens (tertiary/aromatic N) is 2. The van der Waals surface area contributed by atoms with E-state index in [1.54, 1.807) is 6.92 Å². The van der Waals surface area contributed by atoms with Crippen LogP contribution in [0, 0.1) is 20.8 Å². The van der Waals surface area contributed by atoms with Crippen molar-refractivity contribution < 1.29 is 13.9 Å². The maximum Gasteiger partial charge on any atom is 0.350 e. The van der Waals surface area contributed by atoms with Gasteiger partial charge in [0.1, 0.15) is 16.2 Å². The van der Waals surface area contributed by atoms with E-state index in [0.717, 1.165) is 38.8 Å². The standard InChI is InChI=1S/C23H21N3O3S/c1-13-10-14(2)20-17(11-13)18(12-19(29-20)16-8-6-5-7-9-16)25-26-23-24-15(3)21(30-23)22(27)28-4/h5-12H,1-4H3,(H,24,26)/b25-18+. The molecule has 0 amide bonds. The van der Waals surface area contributed by atoms with Crippen LogP contribution in [0.2, 0.25) is 0 Å². The molecule has 2 aromatic heterocycles. The van der Waals surface area contributed by atoms with Gasteiger partial charge in [0.25, 0.3) is 0 Å². The molecule has 0 aliphatic carbocycles. The van der Waals surface area contributed by atoms with Gasteiger partial charge in [-0.2, -0.15) is 5.10 Å². The summed E-state index contributed by atoms with van der Waals surface area (Å²) < 4.78 is 11.0. The molecule has 0 unspecified atom stereocenters. The Morgan fingerprint density at radius 3 is 2.63 bits per heavy atom. The minimum atomic E-state index is -0.403. The summed E-state index contributed by atoms with van der Waals surface area (Å²) in [6.45, 7) is 5.84. The van der Waals surface area contributed by atoms with E-state index in [9.17, 15) is 4.79 Å². The molecule has 30 heavy (non-hydrogen) atoms. The summed E-state index contributed by atoms with van der Waals surface area (Å²) in [6.07, 6.45) is 0. The summed E-state index contributed by atoms with van der Waals surface area (Å²) in [7, 11) is 1.36. The fraction of sp³-hybridized carbons (Fsp3) is 0.174. The number of hydrogen-bond acceptors (Lipinski definition) is 7. The molecule has 0 fully saturated rings. The first kappa shape index (κ1) is 19.8. The Labute approximate surface area is 177 Å². The van der Waals surface area contributed by atoms with Crippen LogP contribution >= 0.6 is 11.3 Å². The van der Waals surface area contributed by atoms with E-state index in [4.69, 9.17) is 9.15 Å². The van der Waals surface area contributed by atoms with Gasteiger partial charge in [-0.25, -0.2) is 9.78 Å². The summed E-state index contributed by atoms with van der Waals surface area (Å²) in [5.41, 5.74) is 7.51. The molecule has 1 N–H and O–H groups in total. The van der Waals surface area contributed by atoms with Crippen molar-refractivity contribution in [3.05, 3.63) is 75.6 Å². The third kappa shape index (κ3) is 3.84. The highest BCUT2D eigenvalue weighted by molar-refractivity contribution is 7.17. The van der Waals surface area contributed by atoms with Crippen molar-refractivity contribution >= 4 is 33.4 Å². The van der Waals surface area contributed by atoms with Crippen LogP contribution in [0.4, 0.5) is 5.13 Å². The highest BCUT2D eigenvalue weighted by Gasteiger charge is 2.15. The van der Waals surface area contributed by atoms with Crippen molar-refractivity contribution in [2.75, 3.05) is 12.5 Å². The number of fused-ring (bicyclic) bond motifs is 1. The van der Waals surface area contributed by atoms with E-state index < -0.39 is 5.97 Å². The van der Waals surface area contributed by atoms with E-state index >= 15 is 0 Å². The van der Waals surface area contributed by atoms with Crippen molar-refractivity contribution in [1.82, 2.24) is 4.98 Å². The zero-order valence-electron chi connectivity index (χ0n) is 17.1. The molecule has 4 aromatic rings. The lowest BCUT2D eigenvalue weighted by atomic mass is 10.1. The number of carbonyl (C=O) groups is 1. The molecular formula is C23H21N3O3S. The summed E-state index contributed by atoms with van der Waals surface area (Å²) >= 11 is 1.21. The molecule has 2 heterocycles. The Balaban J connectivity index is 1.85. The largest absolute Gasteiger partial charge is 0.465 e. The van der Waals surface area contributed by atoms with Crippen molar-refractivity contribution in [3.8, 4) is 11.3 Å². The number of thiazole rings is 1. The number of anilines is 1. The number of aromatic nitrogens is 1. The molecular weight excluding hydrogens is 398 g/mol. The van der Waals surface area contributed by atoms with Crippen molar-refractivity contribution in [1.29, 1.82) is 0 Å². The number of nitrogens with one attached hydrogen (secondary N) is 1. The van der Waals surface area contributed by atoms with Crippen LogP contribution in [-0.4, -0.2) is 18.1 Å². The van der Waals surface area contributed by atoms with Crippen LogP contribution in [0.15, 0.2) is 58.0 Å². The fourth-order valence-corrected chi connectivity index (χ4v) is 4.12. The second-order valence-corrected chi connectivity index (χ2v) is 7.97. The quantitative estimate of drug-likeness (QED) is 0.364. The second-order valence-electron chi connectivity index (χ2n) is 6.97. The molecule has 0 atom stereocenters. The Morgan fingerprint density at radius 1 is 1.13 bits per heavy atom. The minimum absolute atomic E-state index is 0.403. The fourth-order valence-electron chi connectivity index (χ4n) is 3.29. The monoisotopic (exact) mass is 419 g/mol. The summed E-state index contributed by atoms with van der Waals surface area (Å²) in [5.74, 6) is 0.320. The first-order valence-electron chi connectivity index (χ1n) is 9.42. The Kier molecular flexibility index (Phi) is 5.37. The van der Waals surface area contributed by atoms with Crippen LogP contribution in [0.25, 0.3) is 22.3 Å². The number of carbonyl (C=O) groups excluding carboxylic acids is 1. The van der Waals surface area contributed by atoms with E-state index in [-0.39, 0.29) is 0 Å². The average Bonchev–Trinajstić information content (AvgIpc) is 3.12. The van der Waals surface area contributed by atoms with Gasteiger partial charge in [0.2, 0.25) is 5.13 Å². The molecule has 7 heteroatoms. The molecule has 4 rings (SSSR count). The highest BCUT2D eigenvalue weighted by Crippen LogP contribution is 2.26. The van der Waals surface area contributed by atoms with Gasteiger partial charge in [-0.05, 0) is 38.0 Å². The molecule has 0 aliphatic heterocycles. The number of benzene rings is 2. The zero-order chi connectivity index (χ0) is 21.3. The molecule has 6 nitrogen and oxygen atoms in total. The Morgan fingerprint density at radius 2 is 1.90 bits per heavy atom. The van der Waals surface area contributed by atoms with Crippen molar-refractivity contribution in [2.45, 2.75) is 20.8 Å². The normalized spacial score (nSPS) is 11.7. The van der Waals surface area contributed by atoms with Gasteiger partial charge < -0.3 is 9.15 Å². The maximum atomic E-state index is 11.9. The van der Waals surface area contributed by atoms with E-state index in [0.29, 0.717) is 15.7 Å². The molecule has 2 aromatic carbocycles. The van der Waals surface area contributed by atoms with Crippen LogP contribution in [0.1, 0.15) is 26.5 Å². The number of hydrogen-bond donors (Lipinski definition) is 1. The van der Waals surface area contributed by atoms with Crippen LogP contribution in [-0.2, 0) is 4.74 Å². The van der Waals surface area contributed by atoms with Gasteiger partial charge in [0.15, 0.2) is 0 Å². The third-order valence-electron chi connectivity index (χ3n) is 4.67. The predicted molar refractivity (Wildman–Crippen MR) is 119 cm³/mol. The van der Waals surface area contributed by atoms with Crippen LogP contribution < -0.4 is 10.8 Å². The number of esters is 1. The average molecular weight is 420 g/mol. The summed E-state index contributed by atoms with van der Waals surface area (Å²) in [6, 6.07) is 16.0. The summed E-state index contributed by atoms with van der Waals surface area (Å²) in [4.78, 5) is 16.7. The first-order valence-corrected chi connectivity index (χ1v) is 10.2. The summed E-state index contributed by atoms with van der Waals surface area (Å²) in [5, 5.41) is 6.75. The van der Waals surface area contributed by atoms with Crippen LogP contribution in [0.5, 0.6) is 0 Å². The zero-order valence-corrected chi connectivity index (χ0v) is 18.0. The van der Waals surface area contributed by atoms with Gasteiger partial charge in [0, 0.05) is 17.0 Å². The molecule has 0 aliphatic rings. The van der Waals surface area contributed by atoms with Crippen molar-refractivity contribution in [3.63, 3.8) is 0 Å². The lowest BCUT2D eigenvalue weighted by Gasteiger charge is -2.08. The molecule has 152 valence electrons. The van der Waals surface area contributed by atoms with E-state index in [1.807, 2.05) is 56.3 Å². The number of methoxy groups -OCH3 is 1. The maximum absolute atomic E-state index is 11.9. The molecule has 0 saturated heterocycles. The van der Waals surface area contributed by atoms with E-state index in [2.05, 4.69) is 21.6 Å². The highest BCUT2D eigenvalue weighted by atomic mass is 32.1. The number of ether oxygens (including phenoxy) is 1. The van der Waals surface area contributed by atoms with Gasteiger partial charge in [-0.3, -0.25) is 5.43 Å². The number of aryl methyl sites for hydroxylation is 3. The second kappa shape index (κ2) is 8.12. The number of rotatable bonds is 4. The van der Waals surface area contributed by atoms with Crippen molar-refractivity contribution in [2.24, 2.45) is 5.10 Å². The van der Waals surface area contributed by atoms with Gasteiger partial charge >= 0.3 is 5.97 Å². The van der Waals surface area contributed by atoms with Gasteiger partial charge in [0.05, 0.1) is 18.2 Å². The van der Waals surface area contributed by atoms with E-state index in [1.165, 1.54) is 18.4 Å². The predicted octanol–water partition coefficient (Wildman–Crippen LogP) is 5.20. The first-order chi connectivity index (χ1) is 14.5. The third-order valence-corrected chi connectivity index (χ3v) is 5.71. The lowest BCUT2D eigenvalue weighted by molar-refractivity contribution is 0.0605. The Bertz CT molecular complexity index is 1310. The van der Waals surface area contributed by atoms with Crippen LogP contribution in [0.3, 0.4) is 0 Å². The topological polar surface area (TPSA) is 76.7 Å². The Hall–Kier alpha value is -3.45. The smallest absolute Gasteiger partial charge is 0.350 e. The SMILES string of the molecule is COC(=O)c1sc(N/N=c2\cc(-c3ccccc3)oc3c(C)cc(C)cc23)nc1C. The van der Waals surface area contributed by atoms with Gasteiger partial charge in [-0.1, -0.05) is 47.7 Å². The molecule has 0 spiro atoms. The molecule has 0 saturated carbocycles. The van der Waals surface area contributed by atoms with Gasteiger partial charge in [-0.15, -0.1) is 0 Å².